The van der Waals surface area contributed by atoms with Crippen molar-refractivity contribution in [2.24, 2.45) is 5.92 Å². The highest BCUT2D eigenvalue weighted by atomic mass is 15.1. The molecule has 1 unspecified atom stereocenters. The largest absolute Gasteiger partial charge is 0.303 e. The van der Waals surface area contributed by atoms with Crippen molar-refractivity contribution in [1.82, 2.24) is 4.90 Å². The molecule has 0 bridgehead atoms. The van der Waals surface area contributed by atoms with Crippen LogP contribution in [0.5, 0.6) is 0 Å². The summed E-state index contributed by atoms with van der Waals surface area (Å²) in [6, 6.07) is 0. The number of nitrogens with zero attached hydrogens (tertiary/aromatic N) is 1. The van der Waals surface area contributed by atoms with Gasteiger partial charge in [-0.2, -0.15) is 0 Å². The highest BCUT2D eigenvalue weighted by Gasteiger charge is 2.17. The van der Waals surface area contributed by atoms with E-state index in [4.69, 9.17) is 0 Å². The van der Waals surface area contributed by atoms with Gasteiger partial charge in [0.25, 0.3) is 0 Å². The average Bonchev–Trinajstić information content (AvgIpc) is 2.16. The summed E-state index contributed by atoms with van der Waals surface area (Å²) in [6.45, 7) is 8.68. The monoisotopic (exact) mass is 183 g/mol. The van der Waals surface area contributed by atoms with E-state index < -0.39 is 0 Å². The minimum absolute atomic E-state index is 1.01. The van der Waals surface area contributed by atoms with Crippen molar-refractivity contribution in [2.45, 2.75) is 52.4 Å². The quantitative estimate of drug-likeness (QED) is 0.632. The Hall–Kier alpha value is -0.0400. The van der Waals surface area contributed by atoms with E-state index in [0.717, 1.165) is 5.92 Å². The molecule has 1 fully saturated rings. The van der Waals surface area contributed by atoms with E-state index in [1.54, 1.807) is 0 Å². The molecule has 1 rings (SSSR count). The molecule has 1 heteroatoms. The van der Waals surface area contributed by atoms with Crippen LogP contribution in [0, 0.1) is 5.92 Å². The molecule has 13 heavy (non-hydrogen) atoms. The van der Waals surface area contributed by atoms with Gasteiger partial charge in [-0.1, -0.05) is 26.7 Å². The third-order valence-electron chi connectivity index (χ3n) is 3.13. The summed E-state index contributed by atoms with van der Waals surface area (Å²) in [7, 11) is 0. The van der Waals surface area contributed by atoms with E-state index in [9.17, 15) is 0 Å². The standard InChI is InChI=1S/C12H25N/c1-3-5-9-13-10-6-8-12(11-13)7-4-2/h12H,3-11H2,1-2H3. The molecule has 0 aliphatic carbocycles. The smallest absolute Gasteiger partial charge is 0.000966 e. The molecule has 1 saturated heterocycles. The van der Waals surface area contributed by atoms with Gasteiger partial charge in [0.1, 0.15) is 0 Å². The summed E-state index contributed by atoms with van der Waals surface area (Å²) in [6.07, 6.45) is 8.47. The van der Waals surface area contributed by atoms with Crippen LogP contribution in [0.25, 0.3) is 0 Å². The second kappa shape index (κ2) is 6.42. The van der Waals surface area contributed by atoms with E-state index in [-0.39, 0.29) is 0 Å². The molecule has 0 amide bonds. The summed E-state index contributed by atoms with van der Waals surface area (Å²) in [5.41, 5.74) is 0. The Morgan fingerprint density at radius 3 is 2.77 bits per heavy atom. The Labute approximate surface area is 83.5 Å². The van der Waals surface area contributed by atoms with Crippen LogP contribution in [-0.2, 0) is 0 Å². The number of rotatable bonds is 5. The molecule has 0 radical (unpaired) electrons. The van der Waals surface area contributed by atoms with E-state index >= 15 is 0 Å². The first-order valence-electron chi connectivity index (χ1n) is 6.09. The first kappa shape index (κ1) is 11.0. The summed E-state index contributed by atoms with van der Waals surface area (Å²) in [4.78, 5) is 2.67. The zero-order valence-corrected chi connectivity index (χ0v) is 9.39. The average molecular weight is 183 g/mol. The van der Waals surface area contributed by atoms with E-state index in [0.29, 0.717) is 0 Å². The lowest BCUT2D eigenvalue weighted by Gasteiger charge is -2.32. The van der Waals surface area contributed by atoms with Gasteiger partial charge in [-0.05, 0) is 44.7 Å². The Morgan fingerprint density at radius 2 is 2.08 bits per heavy atom. The molecule has 78 valence electrons. The molecular formula is C12H25N. The fourth-order valence-corrected chi connectivity index (χ4v) is 2.38. The van der Waals surface area contributed by atoms with Crippen LogP contribution in [0.1, 0.15) is 52.4 Å². The Bertz CT molecular complexity index is 120. The Morgan fingerprint density at radius 1 is 1.23 bits per heavy atom. The molecule has 0 spiro atoms. The summed E-state index contributed by atoms with van der Waals surface area (Å²) >= 11 is 0. The van der Waals surface area contributed by atoms with Gasteiger partial charge in [-0.25, -0.2) is 0 Å². The lowest BCUT2D eigenvalue weighted by Crippen LogP contribution is -2.35. The van der Waals surface area contributed by atoms with Crippen molar-refractivity contribution in [3.05, 3.63) is 0 Å². The highest BCUT2D eigenvalue weighted by Crippen LogP contribution is 2.20. The van der Waals surface area contributed by atoms with Crippen LogP contribution in [0.4, 0.5) is 0 Å². The lowest BCUT2D eigenvalue weighted by molar-refractivity contribution is 0.166. The predicted octanol–water partition coefficient (Wildman–Crippen LogP) is 3.30. The van der Waals surface area contributed by atoms with Gasteiger partial charge >= 0.3 is 0 Å². The van der Waals surface area contributed by atoms with Crippen LogP contribution in [0.3, 0.4) is 0 Å². The molecule has 0 aromatic rings. The first-order valence-corrected chi connectivity index (χ1v) is 6.09. The summed E-state index contributed by atoms with van der Waals surface area (Å²) in [5, 5.41) is 0. The minimum Gasteiger partial charge on any atom is -0.303 e. The van der Waals surface area contributed by atoms with Gasteiger partial charge in [-0.3, -0.25) is 0 Å². The molecule has 0 aromatic heterocycles. The molecule has 1 atom stereocenters. The van der Waals surface area contributed by atoms with E-state index in [1.807, 2.05) is 0 Å². The molecule has 1 heterocycles. The topological polar surface area (TPSA) is 3.24 Å². The normalized spacial score (nSPS) is 24.9. The maximum absolute atomic E-state index is 2.67. The maximum Gasteiger partial charge on any atom is 0.000966 e. The number of likely N-dealkylation sites (tertiary alicyclic amines) is 1. The van der Waals surface area contributed by atoms with Gasteiger partial charge in [0.15, 0.2) is 0 Å². The second-order valence-corrected chi connectivity index (χ2v) is 4.45. The van der Waals surface area contributed by atoms with Crippen molar-refractivity contribution in [3.63, 3.8) is 0 Å². The van der Waals surface area contributed by atoms with Gasteiger partial charge in [0.05, 0.1) is 0 Å². The van der Waals surface area contributed by atoms with Crippen LogP contribution in [0.2, 0.25) is 0 Å². The lowest BCUT2D eigenvalue weighted by atomic mass is 9.93. The second-order valence-electron chi connectivity index (χ2n) is 4.45. The molecule has 0 saturated carbocycles. The molecule has 0 N–H and O–H groups in total. The minimum atomic E-state index is 1.01. The van der Waals surface area contributed by atoms with Crippen molar-refractivity contribution < 1.29 is 0 Å². The number of hydrogen-bond acceptors (Lipinski definition) is 1. The third-order valence-corrected chi connectivity index (χ3v) is 3.13. The number of piperidine rings is 1. The summed E-state index contributed by atoms with van der Waals surface area (Å²) in [5.74, 6) is 1.01. The van der Waals surface area contributed by atoms with Crippen molar-refractivity contribution >= 4 is 0 Å². The third kappa shape index (κ3) is 4.12. The first-order chi connectivity index (χ1) is 6.36. The SMILES string of the molecule is CCCCN1CCCC(CCC)C1. The molecule has 1 aliphatic rings. The molecular weight excluding hydrogens is 158 g/mol. The molecule has 1 nitrogen and oxygen atoms in total. The highest BCUT2D eigenvalue weighted by molar-refractivity contribution is 4.72. The van der Waals surface area contributed by atoms with Crippen LogP contribution < -0.4 is 0 Å². The van der Waals surface area contributed by atoms with Crippen molar-refractivity contribution in [3.8, 4) is 0 Å². The molecule has 1 aliphatic heterocycles. The fraction of sp³-hybridized carbons (Fsp3) is 1.00. The fourth-order valence-electron chi connectivity index (χ4n) is 2.38. The van der Waals surface area contributed by atoms with E-state index in [1.165, 1.54) is 58.2 Å². The Kier molecular flexibility index (Phi) is 5.45. The maximum atomic E-state index is 2.67. The van der Waals surface area contributed by atoms with Gasteiger partial charge < -0.3 is 4.90 Å². The van der Waals surface area contributed by atoms with Crippen molar-refractivity contribution in [2.75, 3.05) is 19.6 Å². The zero-order chi connectivity index (χ0) is 9.52. The van der Waals surface area contributed by atoms with E-state index in [2.05, 4.69) is 18.7 Å². The van der Waals surface area contributed by atoms with Crippen LogP contribution in [0.15, 0.2) is 0 Å². The van der Waals surface area contributed by atoms with Gasteiger partial charge in [0, 0.05) is 6.54 Å². The number of unbranched alkanes of at least 4 members (excludes halogenated alkanes) is 1. The summed E-state index contributed by atoms with van der Waals surface area (Å²) < 4.78 is 0. The van der Waals surface area contributed by atoms with Crippen LogP contribution >= 0.6 is 0 Å². The Balaban J connectivity index is 2.16. The van der Waals surface area contributed by atoms with Gasteiger partial charge in [0.2, 0.25) is 0 Å². The van der Waals surface area contributed by atoms with Gasteiger partial charge in [-0.15, -0.1) is 0 Å². The van der Waals surface area contributed by atoms with Crippen molar-refractivity contribution in [1.29, 1.82) is 0 Å². The zero-order valence-electron chi connectivity index (χ0n) is 9.39. The predicted molar refractivity (Wildman–Crippen MR) is 59.0 cm³/mol. The van der Waals surface area contributed by atoms with Crippen LogP contribution in [-0.4, -0.2) is 24.5 Å². The number of hydrogen-bond donors (Lipinski definition) is 0. The molecule has 0 aromatic carbocycles.